The number of fused-ring (bicyclic) bond motifs is 1. The third-order valence-corrected chi connectivity index (χ3v) is 6.89. The Hall–Kier alpha value is -2.69. The fourth-order valence-electron chi connectivity index (χ4n) is 3.29. The molecule has 1 aliphatic heterocycles. The molecule has 0 aliphatic carbocycles. The molecule has 0 radical (unpaired) electrons. The van der Waals surface area contributed by atoms with Gasteiger partial charge in [0.25, 0.3) is 5.69 Å². The molecule has 10 heteroatoms. The van der Waals surface area contributed by atoms with Gasteiger partial charge in [-0.1, -0.05) is 30.3 Å². The molecule has 0 N–H and O–H groups in total. The fraction of sp³-hybridized carbons (Fsp3) is 0.176. The molecule has 1 unspecified atom stereocenters. The van der Waals surface area contributed by atoms with Gasteiger partial charge in [-0.2, -0.15) is 13.1 Å². The number of hydrogen-bond donors (Lipinski definition) is 0. The Labute approximate surface area is 159 Å². The zero-order chi connectivity index (χ0) is 19.0. The first-order valence-corrected chi connectivity index (χ1v) is 10.3. The summed E-state index contributed by atoms with van der Waals surface area (Å²) in [4.78, 5) is 10.3. The van der Waals surface area contributed by atoms with Crippen LogP contribution in [0.2, 0.25) is 0 Å². The van der Waals surface area contributed by atoms with Crippen LogP contribution in [0.25, 0.3) is 0 Å². The Morgan fingerprint density at radius 2 is 2.00 bits per heavy atom. The maximum Gasteiger partial charge on any atom is 0.270 e. The van der Waals surface area contributed by atoms with E-state index >= 15 is 0 Å². The maximum atomic E-state index is 13.3. The minimum atomic E-state index is -3.97. The Balaban J connectivity index is 1.84. The average molecular weight is 402 g/mol. The summed E-state index contributed by atoms with van der Waals surface area (Å²) in [5.74, 6) is 0. The molecular weight excluding hydrogens is 388 g/mol. The lowest BCUT2D eigenvalue weighted by atomic mass is 9.93. The van der Waals surface area contributed by atoms with E-state index in [9.17, 15) is 18.5 Å². The highest BCUT2D eigenvalue weighted by Crippen LogP contribution is 2.38. The summed E-state index contributed by atoms with van der Waals surface area (Å²) in [6.07, 6.45) is 2.12. The molecule has 1 aliphatic rings. The van der Waals surface area contributed by atoms with E-state index in [0.717, 1.165) is 28.9 Å². The van der Waals surface area contributed by atoms with E-state index in [4.69, 9.17) is 0 Å². The van der Waals surface area contributed by atoms with Gasteiger partial charge in [-0.3, -0.25) is 10.1 Å². The van der Waals surface area contributed by atoms with Gasteiger partial charge in [0.15, 0.2) is 0 Å². The van der Waals surface area contributed by atoms with Crippen LogP contribution in [0.3, 0.4) is 0 Å². The van der Waals surface area contributed by atoms with Crippen molar-refractivity contribution < 1.29 is 13.3 Å². The zero-order valence-corrected chi connectivity index (χ0v) is 15.6. The van der Waals surface area contributed by atoms with Gasteiger partial charge in [0.1, 0.15) is 0 Å². The topological polar surface area (TPSA) is 106 Å². The number of hydrogen-bond acceptors (Lipinski definition) is 7. The fourth-order valence-corrected chi connectivity index (χ4v) is 5.36. The molecule has 1 aromatic heterocycles. The van der Waals surface area contributed by atoms with Crippen molar-refractivity contribution in [3.8, 4) is 0 Å². The van der Waals surface area contributed by atoms with E-state index in [0.29, 0.717) is 12.1 Å². The first kappa shape index (κ1) is 17.7. The average Bonchev–Trinajstić information content (AvgIpc) is 3.21. The second-order valence-electron chi connectivity index (χ2n) is 6.05. The van der Waals surface area contributed by atoms with Gasteiger partial charge in [0, 0.05) is 18.7 Å². The van der Waals surface area contributed by atoms with E-state index in [1.54, 1.807) is 6.20 Å². The number of sulfonamides is 1. The van der Waals surface area contributed by atoms with Crippen LogP contribution in [-0.2, 0) is 16.4 Å². The SMILES string of the molecule is O=[N+]([O-])c1cccc(S(=O)(=O)N2CCc3ccccc3C2c2cnsn2)c1. The summed E-state index contributed by atoms with van der Waals surface area (Å²) in [6.45, 7) is 0.254. The zero-order valence-electron chi connectivity index (χ0n) is 13.9. The van der Waals surface area contributed by atoms with Crippen molar-refractivity contribution in [2.75, 3.05) is 6.54 Å². The van der Waals surface area contributed by atoms with Gasteiger partial charge in [-0.15, -0.1) is 0 Å². The highest BCUT2D eigenvalue weighted by molar-refractivity contribution is 7.89. The van der Waals surface area contributed by atoms with E-state index in [-0.39, 0.29) is 17.1 Å². The molecule has 3 aromatic rings. The Morgan fingerprint density at radius 3 is 2.74 bits per heavy atom. The molecule has 0 saturated heterocycles. The second kappa shape index (κ2) is 6.80. The molecule has 0 fully saturated rings. The summed E-state index contributed by atoms with van der Waals surface area (Å²) in [6, 6.07) is 12.1. The van der Waals surface area contributed by atoms with Crippen LogP contribution in [0.4, 0.5) is 5.69 Å². The lowest BCUT2D eigenvalue weighted by Crippen LogP contribution is -2.40. The monoisotopic (exact) mass is 402 g/mol. The summed E-state index contributed by atoms with van der Waals surface area (Å²) in [5, 5.41) is 11.1. The number of benzene rings is 2. The number of nitro benzene ring substituents is 1. The minimum Gasteiger partial charge on any atom is -0.258 e. The molecule has 0 amide bonds. The van der Waals surface area contributed by atoms with Crippen LogP contribution in [0.1, 0.15) is 22.9 Å². The van der Waals surface area contributed by atoms with Crippen molar-refractivity contribution in [3.05, 3.63) is 81.7 Å². The van der Waals surface area contributed by atoms with E-state index in [1.807, 2.05) is 24.3 Å². The van der Waals surface area contributed by atoms with Crippen molar-refractivity contribution in [2.45, 2.75) is 17.4 Å². The molecule has 2 aromatic carbocycles. The number of nitrogens with zero attached hydrogens (tertiary/aromatic N) is 4. The largest absolute Gasteiger partial charge is 0.270 e. The molecule has 0 spiro atoms. The predicted octanol–water partition coefficient (Wildman–Crippen LogP) is 2.78. The number of aromatic nitrogens is 2. The third-order valence-electron chi connectivity index (χ3n) is 4.53. The van der Waals surface area contributed by atoms with Crippen molar-refractivity contribution >= 4 is 27.4 Å². The Kier molecular flexibility index (Phi) is 4.46. The Bertz CT molecular complexity index is 1100. The van der Waals surface area contributed by atoms with Gasteiger partial charge in [0.2, 0.25) is 10.0 Å². The molecule has 4 rings (SSSR count). The predicted molar refractivity (Wildman–Crippen MR) is 98.9 cm³/mol. The smallest absolute Gasteiger partial charge is 0.258 e. The van der Waals surface area contributed by atoms with Crippen LogP contribution in [-0.4, -0.2) is 32.9 Å². The van der Waals surface area contributed by atoms with Gasteiger partial charge in [-0.25, -0.2) is 8.42 Å². The van der Waals surface area contributed by atoms with E-state index < -0.39 is 21.0 Å². The van der Waals surface area contributed by atoms with Crippen molar-refractivity contribution in [1.82, 2.24) is 13.1 Å². The lowest BCUT2D eigenvalue weighted by molar-refractivity contribution is -0.385. The van der Waals surface area contributed by atoms with Crippen molar-refractivity contribution in [3.63, 3.8) is 0 Å². The van der Waals surface area contributed by atoms with Gasteiger partial charge >= 0.3 is 0 Å². The van der Waals surface area contributed by atoms with Gasteiger partial charge in [-0.05, 0) is 23.6 Å². The van der Waals surface area contributed by atoms with Crippen LogP contribution >= 0.6 is 11.7 Å². The Morgan fingerprint density at radius 1 is 1.19 bits per heavy atom. The highest BCUT2D eigenvalue weighted by Gasteiger charge is 2.38. The quantitative estimate of drug-likeness (QED) is 0.491. The van der Waals surface area contributed by atoms with E-state index in [2.05, 4.69) is 8.75 Å². The first-order chi connectivity index (χ1) is 13.0. The molecule has 1 atom stereocenters. The van der Waals surface area contributed by atoms with Crippen LogP contribution in [0.5, 0.6) is 0 Å². The highest BCUT2D eigenvalue weighted by atomic mass is 32.2. The third kappa shape index (κ3) is 3.11. The molecule has 8 nitrogen and oxygen atoms in total. The maximum absolute atomic E-state index is 13.3. The molecule has 27 heavy (non-hydrogen) atoms. The van der Waals surface area contributed by atoms with Gasteiger partial charge in [0.05, 0.1) is 39.5 Å². The van der Waals surface area contributed by atoms with Crippen molar-refractivity contribution in [2.24, 2.45) is 0 Å². The second-order valence-corrected chi connectivity index (χ2v) is 8.50. The normalized spacial score (nSPS) is 17.4. The molecule has 138 valence electrons. The summed E-state index contributed by atoms with van der Waals surface area (Å²) in [5.41, 5.74) is 2.19. The van der Waals surface area contributed by atoms with Gasteiger partial charge < -0.3 is 0 Å². The van der Waals surface area contributed by atoms with Crippen molar-refractivity contribution in [1.29, 1.82) is 0 Å². The lowest BCUT2D eigenvalue weighted by Gasteiger charge is -2.35. The number of non-ortho nitro benzene ring substituents is 1. The minimum absolute atomic E-state index is 0.107. The van der Waals surface area contributed by atoms with Crippen LogP contribution in [0, 0.1) is 10.1 Å². The molecular formula is C17H14N4O4S2. The number of nitro groups is 1. The van der Waals surface area contributed by atoms with Crippen LogP contribution in [0.15, 0.2) is 59.6 Å². The molecule has 2 heterocycles. The standard InChI is InChI=1S/C17H14N4O4S2/c22-21(23)13-5-3-6-14(10-13)27(24,25)20-9-8-12-4-1-2-7-15(12)17(20)16-11-18-26-19-16/h1-7,10-11,17H,8-9H2. The molecule has 0 saturated carbocycles. The first-order valence-electron chi connectivity index (χ1n) is 8.10. The summed E-state index contributed by atoms with van der Waals surface area (Å²) in [7, 11) is -3.97. The van der Waals surface area contributed by atoms with E-state index in [1.165, 1.54) is 22.5 Å². The number of rotatable bonds is 4. The van der Waals surface area contributed by atoms with Crippen LogP contribution < -0.4 is 0 Å². The molecule has 0 bridgehead atoms. The summed E-state index contributed by atoms with van der Waals surface area (Å²) < 4.78 is 36.3. The summed E-state index contributed by atoms with van der Waals surface area (Å²) >= 11 is 1.01.